The van der Waals surface area contributed by atoms with Crippen LogP contribution in [0.1, 0.15) is 50.4 Å². The minimum Gasteiger partial charge on any atom is -0.310 e. The van der Waals surface area contributed by atoms with E-state index in [2.05, 4.69) is 242 Å². The van der Waals surface area contributed by atoms with Crippen molar-refractivity contribution in [3.05, 3.63) is 281 Å². The van der Waals surface area contributed by atoms with Crippen LogP contribution in [-0.4, -0.2) is 0 Å². The van der Waals surface area contributed by atoms with E-state index < -0.39 is 10.8 Å². The predicted octanol–water partition coefficient (Wildman–Crippen LogP) is 13.7. The lowest BCUT2D eigenvalue weighted by Gasteiger charge is -2.51. The van der Waals surface area contributed by atoms with Crippen molar-refractivity contribution in [2.45, 2.75) is 16.7 Å². The summed E-state index contributed by atoms with van der Waals surface area (Å²) in [6.07, 6.45) is 9.48. The number of anilines is 3. The third-order valence-corrected chi connectivity index (χ3v) is 12.9. The van der Waals surface area contributed by atoms with Gasteiger partial charge >= 0.3 is 0 Å². The van der Waals surface area contributed by atoms with E-state index in [9.17, 15) is 0 Å². The molecule has 0 aliphatic heterocycles. The van der Waals surface area contributed by atoms with Gasteiger partial charge in [0.1, 0.15) is 0 Å². The summed E-state index contributed by atoms with van der Waals surface area (Å²) in [5.74, 6) is 0.389. The van der Waals surface area contributed by atoms with E-state index in [1.165, 1.54) is 55.6 Å². The fourth-order valence-electron chi connectivity index (χ4n) is 10.7. The summed E-state index contributed by atoms with van der Waals surface area (Å²) in [7, 11) is 0. The van der Waals surface area contributed by atoms with E-state index in [-0.39, 0.29) is 11.8 Å². The van der Waals surface area contributed by atoms with Crippen molar-refractivity contribution < 1.29 is 0 Å². The molecule has 0 aromatic heterocycles. The van der Waals surface area contributed by atoms with Crippen molar-refractivity contribution in [3.8, 4) is 11.1 Å². The molecule has 0 saturated heterocycles. The van der Waals surface area contributed by atoms with Crippen molar-refractivity contribution >= 4 is 17.1 Å². The first-order valence-electron chi connectivity index (χ1n) is 20.1. The van der Waals surface area contributed by atoms with Gasteiger partial charge in [-0.15, -0.1) is 0 Å². The zero-order chi connectivity index (χ0) is 37.8. The standard InChI is InChI=1S/C56H41N/c1-5-19-40(20-6-1)41-33-35-45(36-34-41)57(44-25-11-4-12-26-44)46-37-38-50-48(39-46)47-27-13-14-28-49(47)56(50)53-31-17-15-29-51(53)55(42-21-7-2-8-22-42,43-23-9-3-10-24-43)52-30-16-18-32-54(52)56/h1-39,47,49H. The predicted molar refractivity (Wildman–Crippen MR) is 236 cm³/mol. The first-order chi connectivity index (χ1) is 28.3. The Morgan fingerprint density at radius 3 is 1.40 bits per heavy atom. The van der Waals surface area contributed by atoms with Gasteiger partial charge in [-0.1, -0.05) is 200 Å². The number of para-hydroxylation sites is 1. The molecule has 11 rings (SSSR count). The largest absolute Gasteiger partial charge is 0.310 e. The molecule has 3 aliphatic carbocycles. The van der Waals surface area contributed by atoms with Crippen LogP contribution in [0.15, 0.2) is 237 Å². The maximum absolute atomic E-state index is 2.49. The Morgan fingerprint density at radius 2 is 0.807 bits per heavy atom. The normalized spacial score (nSPS) is 17.6. The maximum atomic E-state index is 2.49. The molecule has 2 atom stereocenters. The first-order valence-corrected chi connectivity index (χ1v) is 20.1. The van der Waals surface area contributed by atoms with Gasteiger partial charge in [0.05, 0.1) is 10.8 Å². The van der Waals surface area contributed by atoms with Crippen LogP contribution in [0.5, 0.6) is 0 Å². The molecule has 0 radical (unpaired) electrons. The highest BCUT2D eigenvalue weighted by Gasteiger charge is 2.60. The molecule has 2 unspecified atom stereocenters. The molecule has 1 heteroatoms. The van der Waals surface area contributed by atoms with Gasteiger partial charge in [-0.2, -0.15) is 0 Å². The minimum atomic E-state index is -0.497. The van der Waals surface area contributed by atoms with Crippen molar-refractivity contribution in [2.24, 2.45) is 5.92 Å². The number of rotatable bonds is 6. The van der Waals surface area contributed by atoms with Gasteiger partial charge in [0.2, 0.25) is 0 Å². The third-order valence-electron chi connectivity index (χ3n) is 12.9. The van der Waals surface area contributed by atoms with Crippen molar-refractivity contribution in [3.63, 3.8) is 0 Å². The Morgan fingerprint density at radius 1 is 0.351 bits per heavy atom. The molecule has 0 N–H and O–H groups in total. The maximum Gasteiger partial charge on any atom is 0.0707 e. The molecular weight excluding hydrogens is 687 g/mol. The molecule has 0 bridgehead atoms. The number of benzene rings is 8. The van der Waals surface area contributed by atoms with E-state index >= 15 is 0 Å². The molecule has 1 nitrogen and oxygen atoms in total. The molecule has 0 fully saturated rings. The molecule has 0 heterocycles. The van der Waals surface area contributed by atoms with Crippen LogP contribution in [0, 0.1) is 5.92 Å². The highest BCUT2D eigenvalue weighted by molar-refractivity contribution is 5.82. The minimum absolute atomic E-state index is 0.190. The van der Waals surface area contributed by atoms with Gasteiger partial charge in [-0.3, -0.25) is 0 Å². The smallest absolute Gasteiger partial charge is 0.0707 e. The van der Waals surface area contributed by atoms with Crippen LogP contribution < -0.4 is 4.90 Å². The highest BCUT2D eigenvalue weighted by atomic mass is 15.1. The van der Waals surface area contributed by atoms with Crippen LogP contribution in [0.2, 0.25) is 0 Å². The van der Waals surface area contributed by atoms with Crippen LogP contribution in [-0.2, 0) is 10.8 Å². The SMILES string of the molecule is C1=CC2c3cc(N(c4ccccc4)c4ccc(-c5ccccc5)cc4)ccc3C3(c4ccccc4C(c4ccccc4)(c4ccccc4)c4ccccc43)C2C=C1. The zero-order valence-corrected chi connectivity index (χ0v) is 31.6. The number of hydrogen-bond donors (Lipinski definition) is 0. The average molecular weight is 728 g/mol. The highest BCUT2D eigenvalue weighted by Crippen LogP contribution is 2.66. The quantitative estimate of drug-likeness (QED) is 0.165. The fraction of sp³-hybridized carbons (Fsp3) is 0.0714. The summed E-state index contributed by atoms with van der Waals surface area (Å²) in [4.78, 5) is 2.41. The summed E-state index contributed by atoms with van der Waals surface area (Å²) in [6.45, 7) is 0. The summed E-state index contributed by atoms with van der Waals surface area (Å²) in [5.41, 5.74) is 15.8. The summed E-state index contributed by atoms with van der Waals surface area (Å²) < 4.78 is 0. The Labute approximate surface area is 335 Å². The van der Waals surface area contributed by atoms with Gasteiger partial charge in [-0.05, 0) is 92.0 Å². The van der Waals surface area contributed by atoms with Gasteiger partial charge in [0.25, 0.3) is 0 Å². The Hall–Kier alpha value is -6.96. The van der Waals surface area contributed by atoms with Gasteiger partial charge in [0, 0.05) is 28.9 Å². The number of allylic oxidation sites excluding steroid dienone is 4. The molecule has 0 amide bonds. The Bertz CT molecular complexity index is 2690. The van der Waals surface area contributed by atoms with E-state index in [0.717, 1.165) is 17.1 Å². The third kappa shape index (κ3) is 4.89. The average Bonchev–Trinajstić information content (AvgIpc) is 3.58. The van der Waals surface area contributed by atoms with Crippen molar-refractivity contribution in [1.29, 1.82) is 0 Å². The lowest BCUT2D eigenvalue weighted by Crippen LogP contribution is -2.47. The van der Waals surface area contributed by atoms with Gasteiger partial charge < -0.3 is 4.90 Å². The summed E-state index contributed by atoms with van der Waals surface area (Å²) >= 11 is 0. The number of hydrogen-bond acceptors (Lipinski definition) is 1. The van der Waals surface area contributed by atoms with E-state index in [1.807, 2.05) is 0 Å². The second kappa shape index (κ2) is 13.4. The van der Waals surface area contributed by atoms with E-state index in [4.69, 9.17) is 0 Å². The fourth-order valence-corrected chi connectivity index (χ4v) is 10.7. The first kappa shape index (κ1) is 33.4. The zero-order valence-electron chi connectivity index (χ0n) is 31.6. The van der Waals surface area contributed by atoms with Crippen LogP contribution in [0.3, 0.4) is 0 Å². The lowest BCUT2D eigenvalue weighted by molar-refractivity contribution is 0.431. The number of fused-ring (bicyclic) bond motifs is 9. The Balaban J connectivity index is 1.16. The molecular formula is C56H41N. The van der Waals surface area contributed by atoms with Crippen molar-refractivity contribution in [1.82, 2.24) is 0 Å². The molecule has 270 valence electrons. The van der Waals surface area contributed by atoms with Crippen LogP contribution >= 0.6 is 0 Å². The molecule has 0 saturated carbocycles. The lowest BCUT2D eigenvalue weighted by atomic mass is 9.50. The summed E-state index contributed by atoms with van der Waals surface area (Å²) in [6, 6.07) is 78.8. The Kier molecular flexibility index (Phi) is 7.82. The van der Waals surface area contributed by atoms with E-state index in [1.54, 1.807) is 0 Å². The molecule has 3 aliphatic rings. The molecule has 1 spiro atoms. The molecule has 8 aromatic rings. The summed E-state index contributed by atoms with van der Waals surface area (Å²) in [5, 5.41) is 0. The topological polar surface area (TPSA) is 3.24 Å². The van der Waals surface area contributed by atoms with Crippen molar-refractivity contribution in [2.75, 3.05) is 4.90 Å². The van der Waals surface area contributed by atoms with Gasteiger partial charge in [0.15, 0.2) is 0 Å². The number of nitrogens with zero attached hydrogens (tertiary/aromatic N) is 1. The van der Waals surface area contributed by atoms with Crippen LogP contribution in [0.4, 0.5) is 17.1 Å². The second-order valence-corrected chi connectivity index (χ2v) is 15.6. The monoisotopic (exact) mass is 727 g/mol. The van der Waals surface area contributed by atoms with E-state index in [0.29, 0.717) is 0 Å². The molecule has 57 heavy (non-hydrogen) atoms. The van der Waals surface area contributed by atoms with Gasteiger partial charge in [-0.25, -0.2) is 0 Å². The second-order valence-electron chi connectivity index (χ2n) is 15.6. The van der Waals surface area contributed by atoms with Crippen LogP contribution in [0.25, 0.3) is 11.1 Å². The molecule has 8 aromatic carbocycles.